The van der Waals surface area contributed by atoms with E-state index in [9.17, 15) is 0 Å². The molecule has 3 rings (SSSR count). The SMILES string of the molecule is CN(c1ccccn1)c1nccn2nccc12. The highest BCUT2D eigenvalue weighted by molar-refractivity contribution is 5.72. The largest absolute Gasteiger partial charge is 0.312 e. The van der Waals surface area contributed by atoms with Gasteiger partial charge in [-0.3, -0.25) is 0 Å². The van der Waals surface area contributed by atoms with Crippen LogP contribution in [0.1, 0.15) is 0 Å². The third kappa shape index (κ3) is 1.61. The summed E-state index contributed by atoms with van der Waals surface area (Å²) in [5, 5.41) is 4.19. The molecule has 17 heavy (non-hydrogen) atoms. The lowest BCUT2D eigenvalue weighted by molar-refractivity contribution is 0.936. The third-order valence-electron chi connectivity index (χ3n) is 2.61. The fourth-order valence-electron chi connectivity index (χ4n) is 1.76. The average molecular weight is 225 g/mol. The molecule has 0 aliphatic rings. The molecule has 0 amide bonds. The Morgan fingerprint density at radius 2 is 2.00 bits per heavy atom. The molecule has 5 heteroatoms. The van der Waals surface area contributed by atoms with Crippen LogP contribution < -0.4 is 4.90 Å². The number of rotatable bonds is 2. The first-order chi connectivity index (χ1) is 8.36. The van der Waals surface area contributed by atoms with Gasteiger partial charge in [0.15, 0.2) is 5.82 Å². The number of fused-ring (bicyclic) bond motifs is 1. The molecule has 0 aromatic carbocycles. The summed E-state index contributed by atoms with van der Waals surface area (Å²) in [7, 11) is 1.94. The Kier molecular flexibility index (Phi) is 2.22. The van der Waals surface area contributed by atoms with Crippen LogP contribution in [-0.4, -0.2) is 26.6 Å². The van der Waals surface area contributed by atoms with Gasteiger partial charge in [0, 0.05) is 25.6 Å². The maximum Gasteiger partial charge on any atom is 0.160 e. The second-order valence-corrected chi connectivity index (χ2v) is 3.66. The fraction of sp³-hybridized carbons (Fsp3) is 0.0833. The van der Waals surface area contributed by atoms with Crippen molar-refractivity contribution < 1.29 is 0 Å². The maximum absolute atomic E-state index is 4.38. The molecule has 0 fully saturated rings. The van der Waals surface area contributed by atoms with Gasteiger partial charge in [-0.1, -0.05) is 6.07 Å². The highest BCUT2D eigenvalue weighted by Gasteiger charge is 2.10. The summed E-state index contributed by atoms with van der Waals surface area (Å²) in [6, 6.07) is 7.73. The van der Waals surface area contributed by atoms with Crippen LogP contribution in [0.25, 0.3) is 5.52 Å². The van der Waals surface area contributed by atoms with Crippen LogP contribution in [-0.2, 0) is 0 Å². The Bertz CT molecular complexity index is 631. The lowest BCUT2D eigenvalue weighted by Gasteiger charge is -2.17. The molecule has 84 valence electrons. The molecule has 0 radical (unpaired) electrons. The predicted octanol–water partition coefficient (Wildman–Crippen LogP) is 1.89. The monoisotopic (exact) mass is 225 g/mol. The van der Waals surface area contributed by atoms with Crippen LogP contribution in [0.15, 0.2) is 49.1 Å². The van der Waals surface area contributed by atoms with Gasteiger partial charge in [0.2, 0.25) is 0 Å². The van der Waals surface area contributed by atoms with Crippen molar-refractivity contribution in [1.29, 1.82) is 0 Å². The highest BCUT2D eigenvalue weighted by Crippen LogP contribution is 2.22. The van der Waals surface area contributed by atoms with E-state index in [-0.39, 0.29) is 0 Å². The first-order valence-electron chi connectivity index (χ1n) is 5.29. The van der Waals surface area contributed by atoms with E-state index in [1.807, 2.05) is 42.4 Å². The van der Waals surface area contributed by atoms with E-state index in [4.69, 9.17) is 0 Å². The van der Waals surface area contributed by atoms with Gasteiger partial charge >= 0.3 is 0 Å². The first kappa shape index (κ1) is 9.77. The zero-order chi connectivity index (χ0) is 11.7. The van der Waals surface area contributed by atoms with Crippen molar-refractivity contribution in [3.05, 3.63) is 49.1 Å². The standard InChI is InChI=1S/C12H11N5/c1-16(11-4-2-3-6-13-11)12-10-5-7-15-17(10)9-8-14-12/h2-9H,1H3. The van der Waals surface area contributed by atoms with Crippen molar-refractivity contribution in [2.24, 2.45) is 0 Å². The fourth-order valence-corrected chi connectivity index (χ4v) is 1.76. The molecule has 0 spiro atoms. The Balaban J connectivity index is 2.13. The molecule has 0 bridgehead atoms. The van der Waals surface area contributed by atoms with Gasteiger partial charge in [-0.25, -0.2) is 14.5 Å². The molecule has 0 N–H and O–H groups in total. The normalized spacial score (nSPS) is 10.6. The van der Waals surface area contributed by atoms with Crippen molar-refractivity contribution in [1.82, 2.24) is 19.6 Å². The van der Waals surface area contributed by atoms with E-state index >= 15 is 0 Å². The van der Waals surface area contributed by atoms with Gasteiger partial charge in [-0.2, -0.15) is 5.10 Å². The molecule has 3 heterocycles. The van der Waals surface area contributed by atoms with Crippen molar-refractivity contribution in [3.63, 3.8) is 0 Å². The Hall–Kier alpha value is -2.43. The van der Waals surface area contributed by atoms with Crippen LogP contribution >= 0.6 is 0 Å². The van der Waals surface area contributed by atoms with Crippen molar-refractivity contribution in [2.75, 3.05) is 11.9 Å². The molecule has 3 aromatic rings. The summed E-state index contributed by atoms with van der Waals surface area (Å²) in [6.45, 7) is 0. The van der Waals surface area contributed by atoms with E-state index in [0.717, 1.165) is 17.2 Å². The van der Waals surface area contributed by atoms with Crippen molar-refractivity contribution in [3.8, 4) is 0 Å². The molecule has 0 saturated carbocycles. The van der Waals surface area contributed by atoms with Gasteiger partial charge in [0.25, 0.3) is 0 Å². The van der Waals surface area contributed by atoms with Crippen LogP contribution in [0.4, 0.5) is 11.6 Å². The second-order valence-electron chi connectivity index (χ2n) is 3.66. The molecule has 5 nitrogen and oxygen atoms in total. The van der Waals surface area contributed by atoms with Gasteiger partial charge in [-0.15, -0.1) is 0 Å². The van der Waals surface area contributed by atoms with Crippen LogP contribution in [0, 0.1) is 0 Å². The first-order valence-corrected chi connectivity index (χ1v) is 5.29. The smallest absolute Gasteiger partial charge is 0.160 e. The minimum atomic E-state index is 0.837. The molecular formula is C12H11N5. The van der Waals surface area contributed by atoms with Crippen LogP contribution in [0.3, 0.4) is 0 Å². The number of pyridine rings is 1. The molecule has 0 saturated heterocycles. The summed E-state index contributed by atoms with van der Waals surface area (Å²) in [5.74, 6) is 1.69. The van der Waals surface area contributed by atoms with Crippen LogP contribution in [0.2, 0.25) is 0 Å². The summed E-state index contributed by atoms with van der Waals surface area (Å²) < 4.78 is 1.79. The van der Waals surface area contributed by atoms with Crippen molar-refractivity contribution in [2.45, 2.75) is 0 Å². The van der Waals surface area contributed by atoms with Gasteiger partial charge in [0.05, 0.1) is 6.20 Å². The number of nitrogens with zero attached hydrogens (tertiary/aromatic N) is 5. The zero-order valence-corrected chi connectivity index (χ0v) is 9.35. The second kappa shape index (κ2) is 3.86. The molecule has 3 aromatic heterocycles. The summed E-state index contributed by atoms with van der Waals surface area (Å²) in [4.78, 5) is 10.6. The Labute approximate surface area is 98.4 Å². The number of anilines is 2. The van der Waals surface area contributed by atoms with E-state index in [1.54, 1.807) is 23.1 Å². The van der Waals surface area contributed by atoms with Crippen molar-refractivity contribution >= 4 is 17.2 Å². The number of hydrogen-bond donors (Lipinski definition) is 0. The Morgan fingerprint density at radius 3 is 2.82 bits per heavy atom. The quantitative estimate of drug-likeness (QED) is 0.668. The lowest BCUT2D eigenvalue weighted by Crippen LogP contribution is -2.13. The minimum absolute atomic E-state index is 0.837. The summed E-state index contributed by atoms with van der Waals surface area (Å²) in [5.41, 5.74) is 0.959. The predicted molar refractivity (Wildman–Crippen MR) is 65.3 cm³/mol. The van der Waals surface area contributed by atoms with E-state index in [2.05, 4.69) is 15.1 Å². The number of aromatic nitrogens is 4. The van der Waals surface area contributed by atoms with Gasteiger partial charge in [0.1, 0.15) is 11.3 Å². The van der Waals surface area contributed by atoms with E-state index in [0.29, 0.717) is 0 Å². The molecule has 0 aliphatic heterocycles. The highest BCUT2D eigenvalue weighted by atomic mass is 15.3. The minimum Gasteiger partial charge on any atom is -0.312 e. The summed E-state index contributed by atoms with van der Waals surface area (Å²) in [6.07, 6.45) is 7.08. The molecule has 0 unspecified atom stereocenters. The maximum atomic E-state index is 4.38. The molecular weight excluding hydrogens is 214 g/mol. The third-order valence-corrected chi connectivity index (χ3v) is 2.61. The topological polar surface area (TPSA) is 46.3 Å². The zero-order valence-electron chi connectivity index (χ0n) is 9.35. The number of hydrogen-bond acceptors (Lipinski definition) is 4. The summed E-state index contributed by atoms with van der Waals surface area (Å²) >= 11 is 0. The molecule has 0 atom stereocenters. The van der Waals surface area contributed by atoms with Crippen LogP contribution in [0.5, 0.6) is 0 Å². The van der Waals surface area contributed by atoms with E-state index in [1.165, 1.54) is 0 Å². The average Bonchev–Trinajstić information content (AvgIpc) is 2.87. The van der Waals surface area contributed by atoms with E-state index < -0.39 is 0 Å². The lowest BCUT2D eigenvalue weighted by atomic mass is 10.4. The molecule has 0 aliphatic carbocycles. The van der Waals surface area contributed by atoms with Gasteiger partial charge in [-0.05, 0) is 18.2 Å². The Morgan fingerprint density at radius 1 is 1.06 bits per heavy atom. The van der Waals surface area contributed by atoms with Gasteiger partial charge < -0.3 is 4.90 Å².